The zero-order valence-corrected chi connectivity index (χ0v) is 9.52. The number of carboxylic acids is 1. The molecule has 0 aliphatic heterocycles. The fourth-order valence-corrected chi connectivity index (χ4v) is 1.75. The number of carbonyl (C=O) groups is 1. The third-order valence-corrected chi connectivity index (χ3v) is 2.68. The van der Waals surface area contributed by atoms with Crippen LogP contribution >= 0.6 is 0 Å². The zero-order valence-electron chi connectivity index (χ0n) is 9.52. The van der Waals surface area contributed by atoms with E-state index in [0.717, 1.165) is 0 Å². The Morgan fingerprint density at radius 2 is 2.12 bits per heavy atom. The van der Waals surface area contributed by atoms with E-state index in [1.54, 1.807) is 32.2 Å². The van der Waals surface area contributed by atoms with Crippen molar-refractivity contribution in [3.8, 4) is 11.3 Å². The number of nitrogens with one attached hydrogen (secondary N) is 1. The van der Waals surface area contributed by atoms with E-state index >= 15 is 0 Å². The highest BCUT2D eigenvalue weighted by molar-refractivity contribution is 5.89. The smallest absolute Gasteiger partial charge is 0.335 e. The summed E-state index contributed by atoms with van der Waals surface area (Å²) in [5, 5.41) is 11.8. The largest absolute Gasteiger partial charge is 0.478 e. The maximum atomic E-state index is 11.6. The molecule has 1 aromatic carbocycles. The number of nitrogens with zero attached hydrogens (tertiary/aromatic N) is 1. The topological polar surface area (TPSA) is 75.1 Å². The van der Waals surface area contributed by atoms with Gasteiger partial charge >= 0.3 is 5.97 Å². The van der Waals surface area contributed by atoms with Crippen LogP contribution in [0.25, 0.3) is 11.3 Å². The molecule has 2 aromatic rings. The summed E-state index contributed by atoms with van der Waals surface area (Å²) in [5.74, 6) is -0.984. The highest BCUT2D eigenvalue weighted by Gasteiger charge is 2.11. The molecule has 0 aliphatic carbocycles. The van der Waals surface area contributed by atoms with E-state index in [1.807, 2.05) is 0 Å². The normalized spacial score (nSPS) is 10.5. The van der Waals surface area contributed by atoms with Crippen LogP contribution in [0.15, 0.2) is 29.1 Å². The van der Waals surface area contributed by atoms with Crippen LogP contribution in [-0.4, -0.2) is 20.9 Å². The minimum Gasteiger partial charge on any atom is -0.478 e. The molecule has 0 spiro atoms. The molecule has 2 N–H and O–H groups in total. The maximum absolute atomic E-state index is 11.6. The third kappa shape index (κ3) is 1.87. The summed E-state index contributed by atoms with van der Waals surface area (Å²) in [4.78, 5) is 22.5. The van der Waals surface area contributed by atoms with Gasteiger partial charge in [0, 0.05) is 18.2 Å². The summed E-state index contributed by atoms with van der Waals surface area (Å²) in [6, 6.07) is 6.48. The molecule has 5 nitrogen and oxygen atoms in total. The summed E-state index contributed by atoms with van der Waals surface area (Å²) >= 11 is 0. The zero-order chi connectivity index (χ0) is 12.6. The Bertz CT molecular complexity index is 637. The number of aryl methyl sites for hydroxylation is 1. The van der Waals surface area contributed by atoms with Gasteiger partial charge in [-0.1, -0.05) is 12.1 Å². The van der Waals surface area contributed by atoms with Crippen molar-refractivity contribution in [1.82, 2.24) is 9.78 Å². The number of H-pyrrole nitrogens is 1. The first-order valence-electron chi connectivity index (χ1n) is 5.10. The van der Waals surface area contributed by atoms with Crippen LogP contribution in [0.1, 0.15) is 15.9 Å². The lowest BCUT2D eigenvalue weighted by molar-refractivity contribution is 0.0697. The minimum absolute atomic E-state index is 0.110. The van der Waals surface area contributed by atoms with Gasteiger partial charge in [-0.2, -0.15) is 0 Å². The number of hydrogen-bond donors (Lipinski definition) is 2. The molecule has 5 heteroatoms. The molecule has 0 fully saturated rings. The van der Waals surface area contributed by atoms with Crippen molar-refractivity contribution in [2.45, 2.75) is 6.92 Å². The minimum atomic E-state index is -0.984. The number of benzene rings is 1. The van der Waals surface area contributed by atoms with Gasteiger partial charge in [0.1, 0.15) is 0 Å². The fourth-order valence-electron chi connectivity index (χ4n) is 1.75. The Morgan fingerprint density at radius 3 is 2.65 bits per heavy atom. The molecule has 0 saturated heterocycles. The molecular weight excluding hydrogens is 220 g/mol. The van der Waals surface area contributed by atoms with E-state index in [-0.39, 0.29) is 11.1 Å². The molecule has 1 aromatic heterocycles. The molecule has 2 rings (SSSR count). The molecule has 0 saturated carbocycles. The summed E-state index contributed by atoms with van der Waals surface area (Å²) in [6.45, 7) is 1.71. The third-order valence-electron chi connectivity index (χ3n) is 2.68. The average Bonchev–Trinajstić information content (AvgIpc) is 2.57. The second-order valence-corrected chi connectivity index (χ2v) is 3.86. The molecule has 17 heavy (non-hydrogen) atoms. The lowest BCUT2D eigenvalue weighted by Gasteiger charge is -2.01. The Hall–Kier alpha value is -2.30. The summed E-state index contributed by atoms with van der Waals surface area (Å²) in [6.07, 6.45) is 0. The van der Waals surface area contributed by atoms with Gasteiger partial charge in [-0.3, -0.25) is 14.6 Å². The van der Waals surface area contributed by atoms with Gasteiger partial charge in [0.25, 0.3) is 5.56 Å². The van der Waals surface area contributed by atoms with E-state index in [2.05, 4.69) is 5.10 Å². The molecule has 0 bridgehead atoms. The second-order valence-electron chi connectivity index (χ2n) is 3.86. The molecule has 0 radical (unpaired) electrons. The Balaban J connectivity index is 2.60. The van der Waals surface area contributed by atoms with Gasteiger partial charge in [-0.15, -0.1) is 0 Å². The van der Waals surface area contributed by atoms with Gasteiger partial charge in [-0.05, 0) is 19.1 Å². The SMILES string of the molecule is Cc1c(-c2cccc(C(=O)O)c2)[nH]n(C)c1=O. The van der Waals surface area contributed by atoms with Gasteiger partial charge in [0.15, 0.2) is 0 Å². The number of carboxylic acid groups (broad SMARTS) is 1. The van der Waals surface area contributed by atoms with Crippen molar-refractivity contribution in [2.75, 3.05) is 0 Å². The lowest BCUT2D eigenvalue weighted by atomic mass is 10.1. The van der Waals surface area contributed by atoms with Crippen molar-refractivity contribution in [2.24, 2.45) is 7.05 Å². The van der Waals surface area contributed by atoms with E-state index < -0.39 is 5.97 Å². The van der Waals surface area contributed by atoms with Crippen LogP contribution in [0.5, 0.6) is 0 Å². The van der Waals surface area contributed by atoms with E-state index in [9.17, 15) is 9.59 Å². The first-order chi connectivity index (χ1) is 8.00. The average molecular weight is 232 g/mol. The molecule has 1 heterocycles. The van der Waals surface area contributed by atoms with Crippen molar-refractivity contribution in [3.63, 3.8) is 0 Å². The van der Waals surface area contributed by atoms with Crippen LogP contribution in [0.3, 0.4) is 0 Å². The van der Waals surface area contributed by atoms with Gasteiger partial charge < -0.3 is 5.11 Å². The van der Waals surface area contributed by atoms with Crippen molar-refractivity contribution in [1.29, 1.82) is 0 Å². The molecule has 0 atom stereocenters. The maximum Gasteiger partial charge on any atom is 0.335 e. The van der Waals surface area contributed by atoms with Crippen LogP contribution in [0.2, 0.25) is 0 Å². The van der Waals surface area contributed by atoms with Gasteiger partial charge in [-0.25, -0.2) is 4.79 Å². The Morgan fingerprint density at radius 1 is 1.41 bits per heavy atom. The Kier molecular flexibility index (Phi) is 2.59. The molecule has 0 aliphatic rings. The second kappa shape index (κ2) is 3.93. The molecule has 88 valence electrons. The summed E-state index contributed by atoms with van der Waals surface area (Å²) < 4.78 is 1.37. The predicted molar refractivity (Wildman–Crippen MR) is 63.2 cm³/mol. The highest BCUT2D eigenvalue weighted by Crippen LogP contribution is 2.20. The Labute approximate surface area is 97.3 Å². The first kappa shape index (κ1) is 11.2. The molecular formula is C12H12N2O3. The summed E-state index contributed by atoms with van der Waals surface area (Å²) in [5.41, 5.74) is 2.02. The van der Waals surface area contributed by atoms with Crippen LogP contribution in [0.4, 0.5) is 0 Å². The number of rotatable bonds is 2. The lowest BCUT2D eigenvalue weighted by Crippen LogP contribution is -2.12. The standard InChI is InChI=1S/C12H12N2O3/c1-7-10(13-14(2)11(7)15)8-4-3-5-9(6-8)12(16)17/h3-6,13H,1-2H3,(H,16,17). The van der Waals surface area contributed by atoms with Crippen LogP contribution in [-0.2, 0) is 7.05 Å². The van der Waals surface area contributed by atoms with Crippen molar-refractivity contribution >= 4 is 5.97 Å². The molecule has 0 unspecified atom stereocenters. The van der Waals surface area contributed by atoms with Crippen LogP contribution in [0, 0.1) is 6.92 Å². The van der Waals surface area contributed by atoms with Crippen molar-refractivity contribution in [3.05, 3.63) is 45.7 Å². The number of hydrogen-bond acceptors (Lipinski definition) is 2. The molecule has 0 amide bonds. The number of aromatic carboxylic acids is 1. The monoisotopic (exact) mass is 232 g/mol. The predicted octanol–water partition coefficient (Wildman–Crippen LogP) is 1.39. The summed E-state index contributed by atoms with van der Waals surface area (Å²) in [7, 11) is 1.62. The fraction of sp³-hybridized carbons (Fsp3) is 0.167. The van der Waals surface area contributed by atoms with Gasteiger partial charge in [0.2, 0.25) is 0 Å². The number of aromatic amines is 1. The van der Waals surface area contributed by atoms with Crippen molar-refractivity contribution < 1.29 is 9.90 Å². The van der Waals surface area contributed by atoms with Gasteiger partial charge in [0.05, 0.1) is 11.3 Å². The number of aromatic nitrogens is 2. The van der Waals surface area contributed by atoms with E-state index in [0.29, 0.717) is 16.8 Å². The van der Waals surface area contributed by atoms with E-state index in [4.69, 9.17) is 5.11 Å². The van der Waals surface area contributed by atoms with E-state index in [1.165, 1.54) is 10.7 Å². The first-order valence-corrected chi connectivity index (χ1v) is 5.10. The van der Waals surface area contributed by atoms with Crippen LogP contribution < -0.4 is 5.56 Å². The highest BCUT2D eigenvalue weighted by atomic mass is 16.4. The quantitative estimate of drug-likeness (QED) is 0.821.